The Kier molecular flexibility index (Phi) is 4.68. The third-order valence-electron chi connectivity index (χ3n) is 2.14. The molecule has 0 aliphatic heterocycles. The molecule has 0 aliphatic rings. The average molecular weight is 206 g/mol. The van der Waals surface area contributed by atoms with Crippen molar-refractivity contribution < 1.29 is 4.74 Å². The monoisotopic (exact) mass is 206 g/mol. The number of aryl methyl sites for hydroxylation is 1. The number of hydrogen-bond acceptors (Lipinski definition) is 2. The van der Waals surface area contributed by atoms with Crippen molar-refractivity contribution >= 4 is 5.84 Å². The summed E-state index contributed by atoms with van der Waals surface area (Å²) in [5.41, 5.74) is 6.52. The van der Waals surface area contributed by atoms with E-state index in [9.17, 15) is 0 Å². The molecule has 0 spiro atoms. The summed E-state index contributed by atoms with van der Waals surface area (Å²) in [4.78, 5) is 0. The molecule has 0 amide bonds. The third kappa shape index (κ3) is 4.49. The zero-order valence-electron chi connectivity index (χ0n) is 9.12. The molecule has 1 aromatic rings. The van der Waals surface area contributed by atoms with Gasteiger partial charge in [-0.1, -0.05) is 25.5 Å². The van der Waals surface area contributed by atoms with E-state index >= 15 is 0 Å². The molecule has 1 aromatic carbocycles. The van der Waals surface area contributed by atoms with E-state index in [1.54, 1.807) is 0 Å². The first-order chi connectivity index (χ1) is 7.22. The van der Waals surface area contributed by atoms with Crippen LogP contribution in [0.1, 0.15) is 25.3 Å². The zero-order valence-corrected chi connectivity index (χ0v) is 9.12. The van der Waals surface area contributed by atoms with E-state index in [-0.39, 0.29) is 12.4 Å². The van der Waals surface area contributed by atoms with E-state index in [1.807, 2.05) is 12.1 Å². The van der Waals surface area contributed by atoms with E-state index < -0.39 is 0 Å². The Morgan fingerprint density at radius 1 is 1.33 bits per heavy atom. The van der Waals surface area contributed by atoms with E-state index in [0.29, 0.717) is 0 Å². The van der Waals surface area contributed by atoms with Gasteiger partial charge in [0.1, 0.15) is 18.2 Å². The van der Waals surface area contributed by atoms with Crippen molar-refractivity contribution in [1.82, 2.24) is 0 Å². The number of ether oxygens (including phenoxy) is 1. The lowest BCUT2D eigenvalue weighted by Gasteiger charge is -2.05. The summed E-state index contributed by atoms with van der Waals surface area (Å²) < 4.78 is 5.28. The van der Waals surface area contributed by atoms with Crippen LogP contribution in [-0.2, 0) is 6.42 Å². The molecule has 0 aromatic heterocycles. The van der Waals surface area contributed by atoms with Gasteiger partial charge >= 0.3 is 0 Å². The highest BCUT2D eigenvalue weighted by Gasteiger charge is 1.96. The van der Waals surface area contributed by atoms with Crippen LogP contribution < -0.4 is 10.5 Å². The molecule has 0 aliphatic carbocycles. The minimum Gasteiger partial charge on any atom is -0.486 e. The van der Waals surface area contributed by atoms with Gasteiger partial charge < -0.3 is 10.5 Å². The molecule has 0 heterocycles. The molecule has 3 heteroatoms. The van der Waals surface area contributed by atoms with Gasteiger partial charge in [0.2, 0.25) is 0 Å². The Balaban J connectivity index is 2.45. The van der Waals surface area contributed by atoms with Gasteiger partial charge in [0.25, 0.3) is 0 Å². The Labute approximate surface area is 90.8 Å². The molecule has 0 bridgehead atoms. The average Bonchev–Trinajstić information content (AvgIpc) is 2.25. The fourth-order valence-electron chi connectivity index (χ4n) is 1.29. The Morgan fingerprint density at radius 2 is 2.00 bits per heavy atom. The Morgan fingerprint density at radius 3 is 2.53 bits per heavy atom. The van der Waals surface area contributed by atoms with Crippen LogP contribution in [-0.4, -0.2) is 12.4 Å². The normalized spacial score (nSPS) is 9.93. The van der Waals surface area contributed by atoms with Crippen molar-refractivity contribution in [1.29, 1.82) is 5.41 Å². The van der Waals surface area contributed by atoms with Crippen LogP contribution in [0.15, 0.2) is 24.3 Å². The summed E-state index contributed by atoms with van der Waals surface area (Å²) in [5.74, 6) is 0.815. The van der Waals surface area contributed by atoms with Crippen LogP contribution in [0.2, 0.25) is 0 Å². The van der Waals surface area contributed by atoms with Crippen molar-refractivity contribution in [3.63, 3.8) is 0 Å². The first-order valence-electron chi connectivity index (χ1n) is 5.27. The van der Waals surface area contributed by atoms with Crippen LogP contribution in [0.4, 0.5) is 0 Å². The van der Waals surface area contributed by atoms with Crippen molar-refractivity contribution in [3.05, 3.63) is 29.8 Å². The van der Waals surface area contributed by atoms with Gasteiger partial charge in [0, 0.05) is 0 Å². The lowest BCUT2D eigenvalue weighted by molar-refractivity contribution is 0.374. The lowest BCUT2D eigenvalue weighted by Crippen LogP contribution is -2.19. The van der Waals surface area contributed by atoms with Gasteiger partial charge in [-0.2, -0.15) is 0 Å². The second kappa shape index (κ2) is 6.06. The van der Waals surface area contributed by atoms with Crippen LogP contribution in [0, 0.1) is 5.41 Å². The second-order valence-electron chi connectivity index (χ2n) is 3.56. The molecule has 3 N–H and O–H groups in total. The fourth-order valence-corrected chi connectivity index (χ4v) is 1.29. The first kappa shape index (κ1) is 11.6. The molecule has 0 saturated carbocycles. The van der Waals surface area contributed by atoms with E-state index in [0.717, 1.165) is 12.2 Å². The molecule has 82 valence electrons. The summed E-state index contributed by atoms with van der Waals surface area (Å²) in [6.07, 6.45) is 3.54. The summed E-state index contributed by atoms with van der Waals surface area (Å²) in [6.45, 7) is 2.35. The van der Waals surface area contributed by atoms with Crippen molar-refractivity contribution in [2.45, 2.75) is 26.2 Å². The molecule has 0 fully saturated rings. The summed E-state index contributed by atoms with van der Waals surface area (Å²) >= 11 is 0. The van der Waals surface area contributed by atoms with Crippen LogP contribution in [0.25, 0.3) is 0 Å². The van der Waals surface area contributed by atoms with Gasteiger partial charge in [0.05, 0.1) is 0 Å². The highest BCUT2D eigenvalue weighted by molar-refractivity contribution is 5.78. The molecule has 1 rings (SSSR count). The molecule has 0 saturated heterocycles. The largest absolute Gasteiger partial charge is 0.486 e. The van der Waals surface area contributed by atoms with E-state index in [2.05, 4.69) is 19.1 Å². The van der Waals surface area contributed by atoms with Gasteiger partial charge in [-0.15, -0.1) is 0 Å². The number of nitrogens with one attached hydrogen (secondary N) is 1. The van der Waals surface area contributed by atoms with Crippen molar-refractivity contribution in [3.8, 4) is 5.75 Å². The number of unbranched alkanes of at least 4 members (excludes halogenated alkanes) is 1. The maximum atomic E-state index is 7.03. The fraction of sp³-hybridized carbons (Fsp3) is 0.417. The van der Waals surface area contributed by atoms with Gasteiger partial charge in [-0.3, -0.25) is 5.41 Å². The van der Waals surface area contributed by atoms with Crippen LogP contribution >= 0.6 is 0 Å². The summed E-state index contributed by atoms with van der Waals surface area (Å²) in [5, 5.41) is 7.03. The quantitative estimate of drug-likeness (QED) is 0.554. The first-order valence-corrected chi connectivity index (χ1v) is 5.27. The van der Waals surface area contributed by atoms with Gasteiger partial charge in [0.15, 0.2) is 0 Å². The molecular weight excluding hydrogens is 188 g/mol. The second-order valence-corrected chi connectivity index (χ2v) is 3.56. The number of benzene rings is 1. The SMILES string of the molecule is CCCCc1ccc(OCC(=N)N)cc1. The van der Waals surface area contributed by atoms with Crippen molar-refractivity contribution in [2.24, 2.45) is 5.73 Å². The Hall–Kier alpha value is -1.51. The van der Waals surface area contributed by atoms with E-state index in [1.165, 1.54) is 18.4 Å². The number of rotatable bonds is 6. The molecule has 15 heavy (non-hydrogen) atoms. The third-order valence-corrected chi connectivity index (χ3v) is 2.14. The highest BCUT2D eigenvalue weighted by Crippen LogP contribution is 2.13. The topological polar surface area (TPSA) is 59.1 Å². The molecular formula is C12H18N2O. The predicted molar refractivity (Wildman–Crippen MR) is 62.5 cm³/mol. The standard InChI is InChI=1S/C12H18N2O/c1-2-3-4-10-5-7-11(8-6-10)15-9-12(13)14/h5-8H,2-4,9H2,1H3,(H3,13,14). The van der Waals surface area contributed by atoms with E-state index in [4.69, 9.17) is 15.9 Å². The minimum absolute atomic E-state index is 0.0464. The van der Waals surface area contributed by atoms with Crippen LogP contribution in [0.3, 0.4) is 0 Å². The molecule has 3 nitrogen and oxygen atoms in total. The molecule has 0 atom stereocenters. The van der Waals surface area contributed by atoms with Crippen molar-refractivity contribution in [2.75, 3.05) is 6.61 Å². The smallest absolute Gasteiger partial charge is 0.145 e. The molecule has 0 radical (unpaired) electrons. The van der Waals surface area contributed by atoms with Crippen LogP contribution in [0.5, 0.6) is 5.75 Å². The highest BCUT2D eigenvalue weighted by atomic mass is 16.5. The number of nitrogens with two attached hydrogens (primary N) is 1. The maximum Gasteiger partial charge on any atom is 0.145 e. The Bertz CT molecular complexity index is 306. The number of amidine groups is 1. The minimum atomic E-state index is 0.0464. The summed E-state index contributed by atoms with van der Waals surface area (Å²) in [7, 11) is 0. The summed E-state index contributed by atoms with van der Waals surface area (Å²) in [6, 6.07) is 7.97. The predicted octanol–water partition coefficient (Wildman–Crippen LogP) is 2.34. The maximum absolute atomic E-state index is 7.03. The number of hydrogen-bond donors (Lipinski definition) is 2. The lowest BCUT2D eigenvalue weighted by atomic mass is 10.1. The van der Waals surface area contributed by atoms with Gasteiger partial charge in [-0.05, 0) is 30.5 Å². The zero-order chi connectivity index (χ0) is 11.1. The van der Waals surface area contributed by atoms with Gasteiger partial charge in [-0.25, -0.2) is 0 Å². The molecule has 0 unspecified atom stereocenters.